The summed E-state index contributed by atoms with van der Waals surface area (Å²) in [5.41, 5.74) is 6.02. The SMILES string of the molecule is Cc1ccc(C(C)(C)c2ccc(Oc3ccc(-c4cnn(C)c4)cc3)cc2)cc1. The standard InChI is InChI=1S/C26H26N2O/c1-19-5-9-22(10-6-19)26(2,3)23-11-15-25(16-12-23)29-24-13-7-20(8-14-24)21-17-27-28(4)18-21/h5-18H,1-4H3. The molecule has 0 amide bonds. The smallest absolute Gasteiger partial charge is 0.127 e. The molecule has 3 aromatic carbocycles. The quantitative estimate of drug-likeness (QED) is 0.393. The zero-order valence-electron chi connectivity index (χ0n) is 17.4. The first-order valence-corrected chi connectivity index (χ1v) is 9.86. The van der Waals surface area contributed by atoms with Gasteiger partial charge in [0.2, 0.25) is 0 Å². The summed E-state index contributed by atoms with van der Waals surface area (Å²) in [6.45, 7) is 6.63. The van der Waals surface area contributed by atoms with Crippen LogP contribution in [0.1, 0.15) is 30.5 Å². The van der Waals surface area contributed by atoms with Crippen molar-refractivity contribution in [3.8, 4) is 22.6 Å². The van der Waals surface area contributed by atoms with Gasteiger partial charge in [0, 0.05) is 24.2 Å². The molecule has 0 spiro atoms. The van der Waals surface area contributed by atoms with E-state index in [1.165, 1.54) is 16.7 Å². The molecular weight excluding hydrogens is 356 g/mol. The second kappa shape index (κ2) is 7.59. The van der Waals surface area contributed by atoms with Crippen molar-refractivity contribution in [2.45, 2.75) is 26.2 Å². The Bertz CT molecular complexity index is 1090. The first kappa shape index (κ1) is 19.0. The van der Waals surface area contributed by atoms with Gasteiger partial charge >= 0.3 is 0 Å². The predicted molar refractivity (Wildman–Crippen MR) is 118 cm³/mol. The van der Waals surface area contributed by atoms with E-state index in [4.69, 9.17) is 4.74 Å². The molecule has 3 heteroatoms. The van der Waals surface area contributed by atoms with Crippen LogP contribution in [-0.4, -0.2) is 9.78 Å². The monoisotopic (exact) mass is 382 g/mol. The molecule has 0 saturated heterocycles. The van der Waals surface area contributed by atoms with Crippen molar-refractivity contribution >= 4 is 0 Å². The molecule has 0 atom stereocenters. The van der Waals surface area contributed by atoms with Gasteiger partial charge in [-0.1, -0.05) is 67.9 Å². The molecule has 0 fully saturated rings. The fourth-order valence-electron chi connectivity index (χ4n) is 3.50. The summed E-state index contributed by atoms with van der Waals surface area (Å²) in [7, 11) is 1.92. The predicted octanol–water partition coefficient (Wildman–Crippen LogP) is 6.51. The molecule has 1 heterocycles. The maximum atomic E-state index is 6.04. The summed E-state index contributed by atoms with van der Waals surface area (Å²) >= 11 is 0. The van der Waals surface area contributed by atoms with Crippen LogP contribution in [0, 0.1) is 6.92 Å². The number of ether oxygens (including phenoxy) is 1. The highest BCUT2D eigenvalue weighted by molar-refractivity contribution is 5.62. The minimum atomic E-state index is -0.0579. The molecule has 29 heavy (non-hydrogen) atoms. The highest BCUT2D eigenvalue weighted by atomic mass is 16.5. The third kappa shape index (κ3) is 4.09. The van der Waals surface area contributed by atoms with E-state index in [1.54, 1.807) is 4.68 Å². The Morgan fingerprint density at radius 1 is 0.724 bits per heavy atom. The van der Waals surface area contributed by atoms with E-state index in [-0.39, 0.29) is 5.41 Å². The second-order valence-electron chi connectivity index (χ2n) is 8.04. The van der Waals surface area contributed by atoms with E-state index in [9.17, 15) is 0 Å². The number of hydrogen-bond acceptors (Lipinski definition) is 2. The third-order valence-electron chi connectivity index (χ3n) is 5.48. The molecule has 1 aromatic heterocycles. The van der Waals surface area contributed by atoms with E-state index in [1.807, 2.05) is 43.7 Å². The minimum absolute atomic E-state index is 0.0579. The molecule has 0 radical (unpaired) electrons. The Labute approximate surface area is 172 Å². The van der Waals surface area contributed by atoms with Gasteiger partial charge in [0.15, 0.2) is 0 Å². The molecule has 4 rings (SSSR count). The van der Waals surface area contributed by atoms with Crippen LogP contribution in [0.4, 0.5) is 0 Å². The molecular formula is C26H26N2O. The average molecular weight is 383 g/mol. The van der Waals surface area contributed by atoms with Crippen LogP contribution in [0.15, 0.2) is 85.2 Å². The lowest BCUT2D eigenvalue weighted by Crippen LogP contribution is -2.18. The number of rotatable bonds is 5. The normalized spacial score (nSPS) is 11.4. The van der Waals surface area contributed by atoms with E-state index in [2.05, 4.69) is 74.4 Å². The van der Waals surface area contributed by atoms with Crippen LogP contribution in [0.25, 0.3) is 11.1 Å². The summed E-state index contributed by atoms with van der Waals surface area (Å²) in [6.07, 6.45) is 3.87. The maximum Gasteiger partial charge on any atom is 0.127 e. The Kier molecular flexibility index (Phi) is 4.98. The van der Waals surface area contributed by atoms with Crippen LogP contribution in [0.5, 0.6) is 11.5 Å². The molecule has 0 aliphatic heterocycles. The second-order valence-corrected chi connectivity index (χ2v) is 8.04. The zero-order chi connectivity index (χ0) is 20.4. The van der Waals surface area contributed by atoms with Crippen molar-refractivity contribution < 1.29 is 4.74 Å². The number of aryl methyl sites for hydroxylation is 2. The van der Waals surface area contributed by atoms with Gasteiger partial charge in [0.05, 0.1) is 6.20 Å². The van der Waals surface area contributed by atoms with Crippen molar-refractivity contribution in [1.82, 2.24) is 9.78 Å². The molecule has 0 N–H and O–H groups in total. The first-order valence-electron chi connectivity index (χ1n) is 9.86. The molecule has 0 saturated carbocycles. The van der Waals surface area contributed by atoms with Crippen LogP contribution < -0.4 is 4.74 Å². The first-order chi connectivity index (χ1) is 13.9. The Balaban J connectivity index is 1.48. The largest absolute Gasteiger partial charge is 0.457 e. The van der Waals surface area contributed by atoms with Gasteiger partial charge in [0.25, 0.3) is 0 Å². The fourth-order valence-corrected chi connectivity index (χ4v) is 3.50. The van der Waals surface area contributed by atoms with Crippen LogP contribution in [-0.2, 0) is 12.5 Å². The summed E-state index contributed by atoms with van der Waals surface area (Å²) in [6, 6.07) is 25.3. The fraction of sp³-hybridized carbons (Fsp3) is 0.192. The van der Waals surface area contributed by atoms with Crippen LogP contribution in [0.3, 0.4) is 0 Å². The summed E-state index contributed by atoms with van der Waals surface area (Å²) in [5, 5.41) is 4.22. The average Bonchev–Trinajstić information content (AvgIpc) is 3.16. The van der Waals surface area contributed by atoms with Crippen molar-refractivity contribution in [3.63, 3.8) is 0 Å². The highest BCUT2D eigenvalue weighted by Crippen LogP contribution is 2.33. The van der Waals surface area contributed by atoms with Crippen molar-refractivity contribution in [1.29, 1.82) is 0 Å². The Hall–Kier alpha value is -3.33. The van der Waals surface area contributed by atoms with Gasteiger partial charge in [-0.25, -0.2) is 0 Å². The zero-order valence-corrected chi connectivity index (χ0v) is 17.4. The van der Waals surface area contributed by atoms with Crippen molar-refractivity contribution in [3.05, 3.63) is 102 Å². The highest BCUT2D eigenvalue weighted by Gasteiger charge is 2.22. The summed E-state index contributed by atoms with van der Waals surface area (Å²) in [4.78, 5) is 0. The van der Waals surface area contributed by atoms with Crippen molar-refractivity contribution in [2.24, 2.45) is 7.05 Å². The van der Waals surface area contributed by atoms with Gasteiger partial charge in [-0.3, -0.25) is 4.68 Å². The lowest BCUT2D eigenvalue weighted by atomic mass is 9.78. The van der Waals surface area contributed by atoms with E-state index in [0.717, 1.165) is 22.6 Å². The van der Waals surface area contributed by atoms with Gasteiger partial charge < -0.3 is 4.74 Å². The molecule has 146 valence electrons. The maximum absolute atomic E-state index is 6.04. The van der Waals surface area contributed by atoms with Gasteiger partial charge in [-0.2, -0.15) is 5.10 Å². The molecule has 4 aromatic rings. The molecule has 0 aliphatic rings. The topological polar surface area (TPSA) is 27.1 Å². The Morgan fingerprint density at radius 3 is 1.76 bits per heavy atom. The van der Waals surface area contributed by atoms with E-state index >= 15 is 0 Å². The lowest BCUT2D eigenvalue weighted by molar-refractivity contribution is 0.482. The summed E-state index contributed by atoms with van der Waals surface area (Å²) < 4.78 is 7.85. The molecule has 0 unspecified atom stereocenters. The molecule has 3 nitrogen and oxygen atoms in total. The Morgan fingerprint density at radius 2 is 1.24 bits per heavy atom. The molecule has 0 aliphatic carbocycles. The van der Waals surface area contributed by atoms with Gasteiger partial charge in [0.1, 0.15) is 11.5 Å². The number of hydrogen-bond donors (Lipinski definition) is 0. The third-order valence-corrected chi connectivity index (χ3v) is 5.48. The van der Waals surface area contributed by atoms with Gasteiger partial charge in [-0.05, 0) is 47.9 Å². The minimum Gasteiger partial charge on any atom is -0.457 e. The van der Waals surface area contributed by atoms with Crippen molar-refractivity contribution in [2.75, 3.05) is 0 Å². The molecule has 0 bridgehead atoms. The van der Waals surface area contributed by atoms with Crippen LogP contribution in [0.2, 0.25) is 0 Å². The number of aromatic nitrogens is 2. The summed E-state index contributed by atoms with van der Waals surface area (Å²) in [5.74, 6) is 1.66. The van der Waals surface area contributed by atoms with E-state index < -0.39 is 0 Å². The number of benzene rings is 3. The van der Waals surface area contributed by atoms with Crippen LogP contribution >= 0.6 is 0 Å². The number of nitrogens with zero attached hydrogens (tertiary/aromatic N) is 2. The lowest BCUT2D eigenvalue weighted by Gasteiger charge is -2.26. The van der Waals surface area contributed by atoms with E-state index in [0.29, 0.717) is 0 Å². The van der Waals surface area contributed by atoms with Gasteiger partial charge in [-0.15, -0.1) is 0 Å².